The first-order valence-corrected chi connectivity index (χ1v) is 23.0. The fraction of sp³-hybridized carbons (Fsp3) is 0.456. The topological polar surface area (TPSA) is 34.5 Å². The van der Waals surface area contributed by atoms with E-state index in [1.54, 1.807) is 0 Å². The largest absolute Gasteiger partial charge is 0.453 e. The number of pyridine rings is 1. The third-order valence-corrected chi connectivity index (χ3v) is 13.1. The van der Waals surface area contributed by atoms with Gasteiger partial charge in [0.25, 0.3) is 0 Å². The van der Waals surface area contributed by atoms with Gasteiger partial charge in [-0.15, -0.1) is 0 Å². The SMILES string of the molecule is CC(C)c1cc(C(C)C)cc(-n2c3cc4c(cc3c(=O)c3cc(C(C)C)c(C(C)C)cc32)N(c2cc(C(C)(C)C)cc(C(C)(C)C)c2)c2cc(C(C)C)c(C(C)C)cc2O4)c1. The maximum Gasteiger partial charge on any atom is 0.197 e. The van der Waals surface area contributed by atoms with E-state index in [-0.39, 0.29) is 22.2 Å². The van der Waals surface area contributed by atoms with Gasteiger partial charge in [0.15, 0.2) is 16.9 Å². The molecule has 1 aromatic heterocycles. The molecule has 0 saturated heterocycles. The van der Waals surface area contributed by atoms with Crippen LogP contribution in [-0.2, 0) is 10.8 Å². The Morgan fingerprint density at radius 1 is 0.426 bits per heavy atom. The van der Waals surface area contributed by atoms with E-state index in [4.69, 9.17) is 4.74 Å². The lowest BCUT2D eigenvalue weighted by molar-refractivity contribution is 0.475. The summed E-state index contributed by atoms with van der Waals surface area (Å²) in [4.78, 5) is 17.8. The van der Waals surface area contributed by atoms with Crippen LogP contribution in [0.25, 0.3) is 27.5 Å². The summed E-state index contributed by atoms with van der Waals surface area (Å²) in [6.45, 7) is 40.9. The third-order valence-electron chi connectivity index (χ3n) is 13.1. The molecule has 0 unspecified atom stereocenters. The number of ether oxygens (including phenoxy) is 1. The van der Waals surface area contributed by atoms with Gasteiger partial charge in [-0.2, -0.15) is 0 Å². The molecule has 0 N–H and O–H groups in total. The minimum absolute atomic E-state index is 0.0490. The van der Waals surface area contributed by atoms with Crippen LogP contribution in [0.2, 0.25) is 0 Å². The minimum atomic E-state index is -0.0864. The molecule has 6 aromatic rings. The van der Waals surface area contributed by atoms with Gasteiger partial charge in [-0.1, -0.05) is 137 Å². The zero-order chi connectivity index (χ0) is 44.8. The Balaban J connectivity index is 1.68. The quantitative estimate of drug-likeness (QED) is 0.143. The maximum absolute atomic E-state index is 15.4. The lowest BCUT2D eigenvalue weighted by atomic mass is 9.80. The number of benzene rings is 5. The van der Waals surface area contributed by atoms with Crippen LogP contribution in [0.15, 0.2) is 77.6 Å². The number of nitrogens with zero attached hydrogens (tertiary/aromatic N) is 2. The summed E-state index contributed by atoms with van der Waals surface area (Å²) >= 11 is 0. The first-order valence-electron chi connectivity index (χ1n) is 23.0. The van der Waals surface area contributed by atoms with Crippen molar-refractivity contribution < 1.29 is 4.74 Å². The van der Waals surface area contributed by atoms with E-state index in [1.165, 1.54) is 44.5 Å². The highest BCUT2D eigenvalue weighted by molar-refractivity contribution is 6.01. The molecule has 0 bridgehead atoms. The second-order valence-electron chi connectivity index (χ2n) is 21.9. The van der Waals surface area contributed by atoms with Gasteiger partial charge in [0.05, 0.1) is 22.4 Å². The Kier molecular flexibility index (Phi) is 11.5. The van der Waals surface area contributed by atoms with Gasteiger partial charge in [0.1, 0.15) is 0 Å². The van der Waals surface area contributed by atoms with E-state index >= 15 is 4.79 Å². The molecule has 61 heavy (non-hydrogen) atoms. The van der Waals surface area contributed by atoms with Gasteiger partial charge < -0.3 is 14.2 Å². The standard InChI is InChI=1S/C57H72N2O2/c1-31(2)37-19-38(32(3)4)21-41(20-37)58-49-26-44(34(7)8)43(33(5)6)25-47(49)55(60)48-28-52-54(30-50(48)58)61-53-29-46(36(11)12)45(35(9)10)27-51(53)59(52)42-23-39(56(13,14)15)22-40(24-42)57(16,17)18/h19-36H,1-18H3. The molecule has 5 aromatic carbocycles. The predicted octanol–water partition coefficient (Wildman–Crippen LogP) is 17.1. The van der Waals surface area contributed by atoms with Crippen LogP contribution in [0.4, 0.5) is 17.1 Å². The summed E-state index contributed by atoms with van der Waals surface area (Å²) < 4.78 is 9.54. The number of fused-ring (bicyclic) bond motifs is 4. The highest BCUT2D eigenvalue weighted by atomic mass is 16.5. The van der Waals surface area contributed by atoms with E-state index in [0.717, 1.165) is 50.7 Å². The van der Waals surface area contributed by atoms with Gasteiger partial charge in [-0.05, 0) is 145 Å². The van der Waals surface area contributed by atoms with Crippen LogP contribution >= 0.6 is 0 Å². The van der Waals surface area contributed by atoms with E-state index < -0.39 is 0 Å². The molecule has 0 aliphatic carbocycles. The van der Waals surface area contributed by atoms with Crippen LogP contribution in [0.3, 0.4) is 0 Å². The van der Waals surface area contributed by atoms with Crippen molar-refractivity contribution in [3.05, 3.63) is 128 Å². The lowest BCUT2D eigenvalue weighted by Crippen LogP contribution is -2.22. The molecule has 2 heterocycles. The fourth-order valence-electron chi connectivity index (χ4n) is 9.17. The van der Waals surface area contributed by atoms with Crippen molar-refractivity contribution in [1.29, 1.82) is 0 Å². The van der Waals surface area contributed by atoms with Crippen LogP contribution in [0.5, 0.6) is 11.5 Å². The molecule has 1 aliphatic heterocycles. The molecule has 0 saturated carbocycles. The van der Waals surface area contributed by atoms with E-state index in [9.17, 15) is 0 Å². The Morgan fingerprint density at radius 2 is 0.852 bits per heavy atom. The van der Waals surface area contributed by atoms with Gasteiger partial charge in [0.2, 0.25) is 0 Å². The second kappa shape index (κ2) is 15.8. The molecule has 322 valence electrons. The lowest BCUT2D eigenvalue weighted by Gasteiger charge is -2.36. The molecule has 0 radical (unpaired) electrons. The molecule has 0 spiro atoms. The van der Waals surface area contributed by atoms with Gasteiger partial charge in [0, 0.05) is 28.2 Å². The summed E-state index contributed by atoms with van der Waals surface area (Å²) in [5.41, 5.74) is 15.9. The monoisotopic (exact) mass is 817 g/mol. The number of hydrogen-bond acceptors (Lipinski definition) is 3. The first kappa shape index (κ1) is 44.2. The highest BCUT2D eigenvalue weighted by Gasteiger charge is 2.33. The Hall–Kier alpha value is -4.83. The molecular formula is C57H72N2O2. The van der Waals surface area contributed by atoms with Gasteiger partial charge in [-0.3, -0.25) is 4.79 Å². The second-order valence-corrected chi connectivity index (χ2v) is 21.9. The Bertz CT molecular complexity index is 2670. The Labute approximate surface area is 367 Å². The summed E-state index contributed by atoms with van der Waals surface area (Å²) in [7, 11) is 0. The summed E-state index contributed by atoms with van der Waals surface area (Å²) in [6.07, 6.45) is 0. The van der Waals surface area contributed by atoms with Crippen LogP contribution in [0.1, 0.15) is 205 Å². The number of hydrogen-bond donors (Lipinski definition) is 0. The van der Waals surface area contributed by atoms with Crippen molar-refractivity contribution in [3.8, 4) is 17.2 Å². The Morgan fingerprint density at radius 3 is 1.34 bits per heavy atom. The molecular weight excluding hydrogens is 745 g/mol. The fourth-order valence-corrected chi connectivity index (χ4v) is 9.17. The highest BCUT2D eigenvalue weighted by Crippen LogP contribution is 2.54. The van der Waals surface area contributed by atoms with Crippen LogP contribution in [0, 0.1) is 0 Å². The number of anilines is 3. The minimum Gasteiger partial charge on any atom is -0.453 e. The summed E-state index contributed by atoms with van der Waals surface area (Å²) in [6, 6.07) is 27.6. The van der Waals surface area contributed by atoms with Crippen LogP contribution < -0.4 is 15.1 Å². The molecule has 0 atom stereocenters. The molecule has 1 aliphatic rings. The van der Waals surface area contributed by atoms with Crippen molar-refractivity contribution in [2.45, 2.75) is 171 Å². The molecule has 4 heteroatoms. The van der Waals surface area contributed by atoms with Crippen molar-refractivity contribution in [2.75, 3.05) is 4.90 Å². The molecule has 4 nitrogen and oxygen atoms in total. The smallest absolute Gasteiger partial charge is 0.197 e. The van der Waals surface area contributed by atoms with Crippen molar-refractivity contribution >= 4 is 38.9 Å². The van der Waals surface area contributed by atoms with Crippen LogP contribution in [-0.4, -0.2) is 4.57 Å². The normalized spacial score (nSPS) is 13.5. The first-order chi connectivity index (χ1) is 28.4. The van der Waals surface area contributed by atoms with Gasteiger partial charge in [-0.25, -0.2) is 0 Å². The number of rotatable bonds is 8. The molecule has 0 amide bonds. The summed E-state index contributed by atoms with van der Waals surface area (Å²) in [5, 5.41) is 1.43. The predicted molar refractivity (Wildman–Crippen MR) is 264 cm³/mol. The average molecular weight is 817 g/mol. The number of aromatic nitrogens is 1. The molecule has 7 rings (SSSR count). The van der Waals surface area contributed by atoms with Crippen molar-refractivity contribution in [3.63, 3.8) is 0 Å². The zero-order valence-electron chi connectivity index (χ0n) is 40.6. The summed E-state index contributed by atoms with van der Waals surface area (Å²) in [5.74, 6) is 3.44. The van der Waals surface area contributed by atoms with Crippen molar-refractivity contribution in [1.82, 2.24) is 4.57 Å². The van der Waals surface area contributed by atoms with Gasteiger partial charge >= 0.3 is 0 Å². The maximum atomic E-state index is 15.4. The van der Waals surface area contributed by atoms with E-state index in [1.807, 2.05) is 0 Å². The zero-order valence-corrected chi connectivity index (χ0v) is 40.6. The van der Waals surface area contributed by atoms with E-state index in [2.05, 4.69) is 207 Å². The van der Waals surface area contributed by atoms with E-state index in [0.29, 0.717) is 35.0 Å². The average Bonchev–Trinajstić information content (AvgIpc) is 3.17. The van der Waals surface area contributed by atoms with Crippen molar-refractivity contribution in [2.24, 2.45) is 0 Å². The third kappa shape index (κ3) is 8.05. The molecule has 0 fully saturated rings.